The van der Waals surface area contributed by atoms with Crippen LogP contribution >= 0.6 is 22.9 Å². The van der Waals surface area contributed by atoms with Gasteiger partial charge in [0.2, 0.25) is 11.7 Å². The minimum atomic E-state index is -0.698. The summed E-state index contributed by atoms with van der Waals surface area (Å²) >= 11 is 7.21. The number of nitrogens with zero attached hydrogens (tertiary/aromatic N) is 2. The molecule has 1 amide bonds. The zero-order valence-electron chi connectivity index (χ0n) is 21.4. The Bertz CT molecular complexity index is 1620. The number of amides is 1. The molecule has 0 radical (unpaired) electrons. The van der Waals surface area contributed by atoms with Gasteiger partial charge in [-0.05, 0) is 48.9 Å². The SMILES string of the molecule is CCOC(=O)c1nn(-c2cccc(Cl)c2)c(=O)c2c(NC(=O)/C=C/c3cc(OC)c(OC)c(OC)c3)scc12. The van der Waals surface area contributed by atoms with Gasteiger partial charge in [-0.1, -0.05) is 17.7 Å². The highest BCUT2D eigenvalue weighted by molar-refractivity contribution is 7.16. The lowest BCUT2D eigenvalue weighted by Crippen LogP contribution is -2.25. The summed E-state index contributed by atoms with van der Waals surface area (Å²) < 4.78 is 22.2. The number of carbonyl (C=O) groups excluding carboxylic acids is 2. The van der Waals surface area contributed by atoms with E-state index in [1.807, 2.05) is 0 Å². The molecule has 4 aromatic rings. The number of hydrogen-bond acceptors (Lipinski definition) is 9. The van der Waals surface area contributed by atoms with Crippen LogP contribution < -0.4 is 25.1 Å². The molecule has 1 N–H and O–H groups in total. The van der Waals surface area contributed by atoms with Crippen LogP contribution in [0.3, 0.4) is 0 Å². The van der Waals surface area contributed by atoms with Crippen LogP contribution in [0, 0.1) is 0 Å². The van der Waals surface area contributed by atoms with E-state index in [1.54, 1.807) is 54.8 Å². The van der Waals surface area contributed by atoms with E-state index in [0.29, 0.717) is 33.5 Å². The summed E-state index contributed by atoms with van der Waals surface area (Å²) in [7, 11) is 4.49. The molecule has 0 atom stereocenters. The van der Waals surface area contributed by atoms with Crippen molar-refractivity contribution < 1.29 is 28.5 Å². The van der Waals surface area contributed by atoms with Crippen molar-refractivity contribution in [2.75, 3.05) is 33.3 Å². The first kappa shape index (κ1) is 27.7. The van der Waals surface area contributed by atoms with Gasteiger partial charge in [0.25, 0.3) is 5.56 Å². The third-order valence-electron chi connectivity index (χ3n) is 5.52. The molecule has 0 spiro atoms. The summed E-state index contributed by atoms with van der Waals surface area (Å²) in [5, 5.41) is 9.59. The molecule has 4 rings (SSSR count). The van der Waals surface area contributed by atoms with E-state index in [2.05, 4.69) is 10.4 Å². The zero-order valence-corrected chi connectivity index (χ0v) is 23.0. The topological polar surface area (TPSA) is 118 Å². The Labute approximate surface area is 232 Å². The Morgan fingerprint density at radius 2 is 1.82 bits per heavy atom. The van der Waals surface area contributed by atoms with E-state index in [1.165, 1.54) is 27.4 Å². The predicted octanol–water partition coefficient (Wildman–Crippen LogP) is 4.96. The van der Waals surface area contributed by atoms with Crippen molar-refractivity contribution in [1.82, 2.24) is 9.78 Å². The zero-order chi connectivity index (χ0) is 28.1. The Balaban J connectivity index is 1.74. The molecule has 202 valence electrons. The van der Waals surface area contributed by atoms with Crippen molar-refractivity contribution in [3.8, 4) is 22.9 Å². The summed E-state index contributed by atoms with van der Waals surface area (Å²) in [4.78, 5) is 39.1. The molecule has 2 heterocycles. The number of ether oxygens (including phenoxy) is 4. The number of anilines is 1. The van der Waals surface area contributed by atoms with Crippen LogP contribution in [0.25, 0.3) is 22.5 Å². The number of fused-ring (bicyclic) bond motifs is 1. The highest BCUT2D eigenvalue weighted by Crippen LogP contribution is 2.38. The van der Waals surface area contributed by atoms with E-state index in [-0.39, 0.29) is 28.1 Å². The minimum Gasteiger partial charge on any atom is -0.493 e. The first-order chi connectivity index (χ1) is 18.8. The number of halogens is 1. The van der Waals surface area contributed by atoms with E-state index < -0.39 is 17.4 Å². The van der Waals surface area contributed by atoms with Crippen LogP contribution in [-0.4, -0.2) is 49.6 Å². The molecule has 2 aromatic heterocycles. The van der Waals surface area contributed by atoms with Gasteiger partial charge < -0.3 is 24.3 Å². The number of thiophene rings is 1. The molecule has 0 unspecified atom stereocenters. The number of aromatic nitrogens is 2. The highest BCUT2D eigenvalue weighted by Gasteiger charge is 2.23. The molecule has 2 aromatic carbocycles. The maximum absolute atomic E-state index is 13.5. The highest BCUT2D eigenvalue weighted by atomic mass is 35.5. The fourth-order valence-electron chi connectivity index (χ4n) is 3.80. The lowest BCUT2D eigenvalue weighted by Gasteiger charge is -2.12. The van der Waals surface area contributed by atoms with Gasteiger partial charge in [0.1, 0.15) is 5.00 Å². The molecule has 0 saturated heterocycles. The average Bonchev–Trinajstić information content (AvgIpc) is 3.35. The quantitative estimate of drug-likeness (QED) is 0.222. The van der Waals surface area contributed by atoms with Gasteiger partial charge in [0.05, 0.1) is 39.0 Å². The maximum atomic E-state index is 13.5. The van der Waals surface area contributed by atoms with Crippen molar-refractivity contribution in [2.24, 2.45) is 0 Å². The molecule has 12 heteroatoms. The molecular formula is C27H24ClN3O7S. The number of benzene rings is 2. The van der Waals surface area contributed by atoms with Gasteiger partial charge in [-0.3, -0.25) is 9.59 Å². The van der Waals surface area contributed by atoms with E-state index in [4.69, 9.17) is 30.5 Å². The van der Waals surface area contributed by atoms with Gasteiger partial charge in [0.15, 0.2) is 17.2 Å². The number of hydrogen-bond donors (Lipinski definition) is 1. The number of esters is 1. The summed E-state index contributed by atoms with van der Waals surface area (Å²) in [6.07, 6.45) is 2.86. The number of nitrogens with one attached hydrogen (secondary N) is 1. The first-order valence-corrected chi connectivity index (χ1v) is 12.8. The van der Waals surface area contributed by atoms with Crippen LogP contribution in [0.2, 0.25) is 5.02 Å². The van der Waals surface area contributed by atoms with Gasteiger partial charge in [-0.15, -0.1) is 11.3 Å². The average molecular weight is 570 g/mol. The summed E-state index contributed by atoms with van der Waals surface area (Å²) in [5.41, 5.74) is 0.375. The second-order valence-electron chi connectivity index (χ2n) is 7.90. The lowest BCUT2D eigenvalue weighted by atomic mass is 10.1. The summed E-state index contributed by atoms with van der Waals surface area (Å²) in [5.74, 6) is 0.0871. The molecule has 0 bridgehead atoms. The lowest BCUT2D eigenvalue weighted by molar-refractivity contribution is -0.111. The van der Waals surface area contributed by atoms with Crippen LogP contribution in [0.4, 0.5) is 5.00 Å². The summed E-state index contributed by atoms with van der Waals surface area (Å²) in [6, 6.07) is 9.86. The van der Waals surface area contributed by atoms with Crippen molar-refractivity contribution >= 4 is 56.7 Å². The van der Waals surface area contributed by atoms with E-state index in [0.717, 1.165) is 16.0 Å². The van der Waals surface area contributed by atoms with Crippen molar-refractivity contribution in [2.45, 2.75) is 6.92 Å². The van der Waals surface area contributed by atoms with Gasteiger partial charge in [-0.25, -0.2) is 4.79 Å². The van der Waals surface area contributed by atoms with Crippen molar-refractivity contribution in [3.63, 3.8) is 0 Å². The number of carbonyl (C=O) groups is 2. The second-order valence-corrected chi connectivity index (χ2v) is 9.22. The largest absolute Gasteiger partial charge is 0.493 e. The van der Waals surface area contributed by atoms with Crippen LogP contribution in [0.1, 0.15) is 23.0 Å². The standard InChI is InChI=1S/C27H24ClN3O7S/c1-5-38-27(34)23-18-14-39-25(22(18)26(33)31(30-23)17-8-6-7-16(28)13-17)29-21(32)10-9-15-11-19(35-2)24(37-4)20(12-15)36-3/h6-14H,5H2,1-4H3,(H,29,32)/b10-9+. The molecule has 0 aliphatic heterocycles. The van der Waals surface area contributed by atoms with E-state index in [9.17, 15) is 14.4 Å². The normalized spacial score (nSPS) is 11.0. The monoisotopic (exact) mass is 569 g/mol. The van der Waals surface area contributed by atoms with E-state index >= 15 is 0 Å². The van der Waals surface area contributed by atoms with Crippen LogP contribution in [0.15, 0.2) is 52.6 Å². The first-order valence-electron chi connectivity index (χ1n) is 11.6. The predicted molar refractivity (Wildman–Crippen MR) is 150 cm³/mol. The Hall–Kier alpha value is -4.35. The van der Waals surface area contributed by atoms with Gasteiger partial charge >= 0.3 is 5.97 Å². The molecular weight excluding hydrogens is 546 g/mol. The third-order valence-corrected chi connectivity index (χ3v) is 6.66. The molecule has 0 fully saturated rings. The smallest absolute Gasteiger partial charge is 0.359 e. The fraction of sp³-hybridized carbons (Fsp3) is 0.185. The molecule has 0 saturated carbocycles. The molecule has 10 nitrogen and oxygen atoms in total. The van der Waals surface area contributed by atoms with Gasteiger partial charge in [-0.2, -0.15) is 9.78 Å². The van der Waals surface area contributed by atoms with Crippen molar-refractivity contribution in [3.05, 3.63) is 74.5 Å². The third kappa shape index (κ3) is 5.74. The Morgan fingerprint density at radius 1 is 1.10 bits per heavy atom. The Morgan fingerprint density at radius 3 is 2.44 bits per heavy atom. The number of methoxy groups -OCH3 is 3. The minimum absolute atomic E-state index is 0.0591. The van der Waals surface area contributed by atoms with Crippen molar-refractivity contribution in [1.29, 1.82) is 0 Å². The molecule has 0 aliphatic carbocycles. The van der Waals surface area contributed by atoms with Crippen LogP contribution in [-0.2, 0) is 9.53 Å². The maximum Gasteiger partial charge on any atom is 0.359 e. The number of rotatable bonds is 9. The molecule has 39 heavy (non-hydrogen) atoms. The Kier molecular flexibility index (Phi) is 8.52. The summed E-state index contributed by atoms with van der Waals surface area (Å²) in [6.45, 7) is 1.79. The fourth-order valence-corrected chi connectivity index (χ4v) is 4.92. The molecule has 0 aliphatic rings. The van der Waals surface area contributed by atoms with Gasteiger partial charge in [0, 0.05) is 21.9 Å². The second kappa shape index (κ2) is 12.0. The van der Waals surface area contributed by atoms with Crippen LogP contribution in [0.5, 0.6) is 17.2 Å².